The first kappa shape index (κ1) is 6.66. The first-order valence-electron chi connectivity index (χ1n) is 4.32. The lowest BCUT2D eigenvalue weighted by Crippen LogP contribution is -1.95. The summed E-state index contributed by atoms with van der Waals surface area (Å²) in [5, 5.41) is 2.50. The molecule has 0 spiro atoms. The quantitative estimate of drug-likeness (QED) is 0.534. The highest BCUT2D eigenvalue weighted by atomic mass is 14.7. The molecule has 0 radical (unpaired) electrons. The summed E-state index contributed by atoms with van der Waals surface area (Å²) in [6.45, 7) is 0. The second-order valence-electron chi connectivity index (χ2n) is 3.14. The molecule has 0 amide bonds. The molecular weight excluding hydrogens is 160 g/mol. The molecule has 2 aromatic heterocycles. The van der Waals surface area contributed by atoms with E-state index in [2.05, 4.69) is 34.2 Å². The Morgan fingerprint density at radius 2 is 2.08 bits per heavy atom. The number of pyridine rings is 1. The van der Waals surface area contributed by atoms with Crippen LogP contribution in [0.25, 0.3) is 21.8 Å². The minimum Gasteiger partial charge on any atom is -0.361 e. The van der Waals surface area contributed by atoms with Crippen LogP contribution in [0.2, 0.25) is 0 Å². The van der Waals surface area contributed by atoms with Crippen molar-refractivity contribution < 1.29 is 4.98 Å². The Bertz CT molecular complexity index is 566. The van der Waals surface area contributed by atoms with Gasteiger partial charge in [-0.3, -0.25) is 0 Å². The van der Waals surface area contributed by atoms with Crippen LogP contribution in [0.3, 0.4) is 0 Å². The second kappa shape index (κ2) is 2.33. The third-order valence-electron chi connectivity index (χ3n) is 2.37. The summed E-state index contributed by atoms with van der Waals surface area (Å²) in [7, 11) is 0. The zero-order chi connectivity index (χ0) is 8.67. The Balaban J connectivity index is 2.65. The molecule has 1 aromatic carbocycles. The lowest BCUT2D eigenvalue weighted by molar-refractivity contribution is -0.340. The van der Waals surface area contributed by atoms with Crippen molar-refractivity contribution in [3.05, 3.63) is 42.7 Å². The van der Waals surface area contributed by atoms with Crippen molar-refractivity contribution in [3.8, 4) is 0 Å². The molecule has 0 fully saturated rings. The number of hydrogen-bond donors (Lipinski definition) is 1. The molecule has 0 atom stereocenters. The van der Waals surface area contributed by atoms with Gasteiger partial charge in [0.05, 0.1) is 16.3 Å². The monoisotopic (exact) mass is 169 g/mol. The lowest BCUT2D eigenvalue weighted by atomic mass is 10.1. The number of hydrogen-bond acceptors (Lipinski definition) is 0. The van der Waals surface area contributed by atoms with Crippen LogP contribution in [0.15, 0.2) is 42.7 Å². The summed E-state index contributed by atoms with van der Waals surface area (Å²) in [5.41, 5.74) is 2.37. The van der Waals surface area contributed by atoms with Gasteiger partial charge in [-0.2, -0.15) is 0 Å². The van der Waals surface area contributed by atoms with Crippen LogP contribution < -0.4 is 4.98 Å². The molecule has 2 heterocycles. The summed E-state index contributed by atoms with van der Waals surface area (Å²) >= 11 is 0. The van der Waals surface area contributed by atoms with Crippen LogP contribution >= 0.6 is 0 Å². The molecule has 0 unspecified atom stereocenters. The number of H-pyrrole nitrogens is 2. The molecule has 2 heteroatoms. The fraction of sp³-hybridized carbons (Fsp3) is 0. The van der Waals surface area contributed by atoms with Gasteiger partial charge in [0.25, 0.3) is 0 Å². The molecular formula is C11H9N2+. The summed E-state index contributed by atoms with van der Waals surface area (Å²) in [6.07, 6.45) is 3.91. The molecule has 0 aliphatic rings. The Morgan fingerprint density at radius 1 is 1.08 bits per heavy atom. The van der Waals surface area contributed by atoms with Crippen molar-refractivity contribution in [2.45, 2.75) is 0 Å². The minimum atomic E-state index is 1.16. The van der Waals surface area contributed by atoms with E-state index < -0.39 is 0 Å². The molecule has 0 saturated carbocycles. The van der Waals surface area contributed by atoms with Gasteiger partial charge in [0.2, 0.25) is 5.52 Å². The average Bonchev–Trinajstić information content (AvgIpc) is 2.65. The normalized spacial score (nSPS) is 11.1. The van der Waals surface area contributed by atoms with E-state index in [-0.39, 0.29) is 0 Å². The van der Waals surface area contributed by atoms with Crippen molar-refractivity contribution in [2.24, 2.45) is 0 Å². The zero-order valence-corrected chi connectivity index (χ0v) is 7.04. The van der Waals surface area contributed by atoms with Crippen LogP contribution in [-0.2, 0) is 0 Å². The van der Waals surface area contributed by atoms with Crippen molar-refractivity contribution >= 4 is 21.8 Å². The van der Waals surface area contributed by atoms with Gasteiger partial charge < -0.3 is 4.98 Å². The highest BCUT2D eigenvalue weighted by molar-refractivity contribution is 6.01. The highest BCUT2D eigenvalue weighted by Crippen LogP contribution is 2.19. The highest BCUT2D eigenvalue weighted by Gasteiger charge is 2.05. The molecule has 0 aliphatic heterocycles. The molecule has 0 bridgehead atoms. The van der Waals surface area contributed by atoms with E-state index in [0.29, 0.717) is 0 Å². The van der Waals surface area contributed by atoms with Crippen LogP contribution in [0, 0.1) is 0 Å². The van der Waals surface area contributed by atoms with Crippen LogP contribution in [-0.4, -0.2) is 4.98 Å². The predicted molar refractivity (Wildman–Crippen MR) is 52.4 cm³/mol. The molecule has 2 nitrogen and oxygen atoms in total. The Kier molecular flexibility index (Phi) is 1.19. The summed E-state index contributed by atoms with van der Waals surface area (Å²) in [6, 6.07) is 10.4. The smallest absolute Gasteiger partial charge is 0.220 e. The first-order chi connectivity index (χ1) is 6.45. The van der Waals surface area contributed by atoms with Crippen LogP contribution in [0.1, 0.15) is 0 Å². The zero-order valence-electron chi connectivity index (χ0n) is 7.04. The van der Waals surface area contributed by atoms with Gasteiger partial charge in [0, 0.05) is 12.3 Å². The maximum absolute atomic E-state index is 3.24. The Labute approximate surface area is 75.2 Å². The molecule has 0 aliphatic carbocycles. The Morgan fingerprint density at radius 3 is 3.08 bits per heavy atom. The summed E-state index contributed by atoms with van der Waals surface area (Å²) < 4.78 is 0. The van der Waals surface area contributed by atoms with Gasteiger partial charge in [0.15, 0.2) is 6.20 Å². The number of aromatic amines is 2. The summed E-state index contributed by atoms with van der Waals surface area (Å²) in [5.74, 6) is 0. The number of aromatic nitrogens is 2. The topological polar surface area (TPSA) is 29.9 Å². The SMILES string of the molecule is c1c[nH]c2ccc3cc[nH+]c3c2c1. The van der Waals surface area contributed by atoms with Gasteiger partial charge in [-0.05, 0) is 24.3 Å². The fourth-order valence-electron chi connectivity index (χ4n) is 1.73. The van der Waals surface area contributed by atoms with Crippen molar-refractivity contribution in [3.63, 3.8) is 0 Å². The average molecular weight is 169 g/mol. The molecule has 3 aromatic rings. The molecule has 13 heavy (non-hydrogen) atoms. The van der Waals surface area contributed by atoms with E-state index >= 15 is 0 Å². The second-order valence-corrected chi connectivity index (χ2v) is 3.14. The summed E-state index contributed by atoms with van der Waals surface area (Å²) in [4.78, 5) is 6.46. The van der Waals surface area contributed by atoms with Gasteiger partial charge in [-0.15, -0.1) is 0 Å². The third-order valence-corrected chi connectivity index (χ3v) is 2.37. The molecule has 0 saturated heterocycles. The number of rotatable bonds is 0. The van der Waals surface area contributed by atoms with E-state index in [9.17, 15) is 0 Å². The van der Waals surface area contributed by atoms with Gasteiger partial charge in [0.1, 0.15) is 0 Å². The number of nitrogens with one attached hydrogen (secondary N) is 2. The van der Waals surface area contributed by atoms with Crippen molar-refractivity contribution in [1.29, 1.82) is 0 Å². The third kappa shape index (κ3) is 0.855. The largest absolute Gasteiger partial charge is 0.361 e. The van der Waals surface area contributed by atoms with E-state index in [0.717, 1.165) is 5.52 Å². The van der Waals surface area contributed by atoms with Gasteiger partial charge in [-0.1, -0.05) is 0 Å². The first-order valence-corrected chi connectivity index (χ1v) is 4.32. The lowest BCUT2D eigenvalue weighted by Gasteiger charge is -1.94. The van der Waals surface area contributed by atoms with Crippen molar-refractivity contribution in [1.82, 2.24) is 4.98 Å². The number of benzene rings is 1. The van der Waals surface area contributed by atoms with E-state index in [1.165, 1.54) is 16.3 Å². The minimum absolute atomic E-state index is 1.16. The van der Waals surface area contributed by atoms with Crippen LogP contribution in [0.5, 0.6) is 0 Å². The number of fused-ring (bicyclic) bond motifs is 3. The Hall–Kier alpha value is -1.83. The van der Waals surface area contributed by atoms with Gasteiger partial charge >= 0.3 is 0 Å². The maximum atomic E-state index is 3.24. The van der Waals surface area contributed by atoms with E-state index in [4.69, 9.17) is 0 Å². The molecule has 2 N–H and O–H groups in total. The molecule has 62 valence electrons. The van der Waals surface area contributed by atoms with Gasteiger partial charge in [-0.25, -0.2) is 4.98 Å². The fourth-order valence-corrected chi connectivity index (χ4v) is 1.73. The van der Waals surface area contributed by atoms with E-state index in [1.54, 1.807) is 0 Å². The van der Waals surface area contributed by atoms with E-state index in [1.807, 2.05) is 18.5 Å². The molecule has 3 rings (SSSR count). The maximum Gasteiger partial charge on any atom is 0.220 e. The van der Waals surface area contributed by atoms with Crippen LogP contribution in [0.4, 0.5) is 0 Å². The van der Waals surface area contributed by atoms with Crippen molar-refractivity contribution in [2.75, 3.05) is 0 Å². The standard InChI is InChI=1S/C11H8N2/c1-2-9-10(12-6-1)4-3-8-5-7-13-11(8)9/h1-7,12H/p+1. The predicted octanol–water partition coefficient (Wildman–Crippen LogP) is 2.14.